The molecule has 0 fully saturated rings. The van der Waals surface area contributed by atoms with Crippen LogP contribution in [0.15, 0.2) is 229 Å². The molecule has 1 nitrogen and oxygen atoms in total. The van der Waals surface area contributed by atoms with E-state index >= 15 is 0 Å². The van der Waals surface area contributed by atoms with Gasteiger partial charge in [0.1, 0.15) is 11.2 Å². The van der Waals surface area contributed by atoms with Gasteiger partial charge in [0.2, 0.25) is 0 Å². The molecule has 10 aromatic rings. The van der Waals surface area contributed by atoms with Gasteiger partial charge in [-0.05, 0) is 103 Å². The lowest BCUT2D eigenvalue weighted by Gasteiger charge is -2.20. The zero-order chi connectivity index (χ0) is 37.3. The Morgan fingerprint density at radius 1 is 0.232 bits per heavy atom. The van der Waals surface area contributed by atoms with Crippen LogP contribution in [0.25, 0.3) is 77.6 Å². The largest absolute Gasteiger partial charge is 0.456 e. The highest BCUT2D eigenvalue weighted by Crippen LogP contribution is 2.38. The van der Waals surface area contributed by atoms with Crippen molar-refractivity contribution in [3.63, 3.8) is 0 Å². The van der Waals surface area contributed by atoms with Crippen LogP contribution in [-0.2, 0) is 0 Å². The van der Waals surface area contributed by atoms with Gasteiger partial charge in [-0.15, -0.1) is 0 Å². The highest BCUT2D eigenvalue weighted by Gasteiger charge is 2.18. The fraction of sp³-hybridized carbons (Fsp3) is 0.0182. The van der Waals surface area contributed by atoms with E-state index in [0.29, 0.717) is 0 Å². The van der Waals surface area contributed by atoms with E-state index in [-0.39, 0.29) is 5.92 Å². The molecule has 1 heterocycles. The minimum absolute atomic E-state index is 0.0521. The molecule has 264 valence electrons. The van der Waals surface area contributed by atoms with Crippen LogP contribution in [0.2, 0.25) is 0 Å². The van der Waals surface area contributed by atoms with Crippen LogP contribution < -0.4 is 0 Å². The Labute approximate surface area is 327 Å². The maximum absolute atomic E-state index is 6.23. The maximum Gasteiger partial charge on any atom is 0.136 e. The molecule has 0 amide bonds. The molecule has 0 spiro atoms. The highest BCUT2D eigenvalue weighted by atomic mass is 16.3. The predicted molar refractivity (Wildman–Crippen MR) is 235 cm³/mol. The summed E-state index contributed by atoms with van der Waals surface area (Å²) < 4.78 is 6.23. The van der Waals surface area contributed by atoms with E-state index in [9.17, 15) is 0 Å². The zero-order valence-corrected chi connectivity index (χ0v) is 30.8. The number of benzene rings is 9. The van der Waals surface area contributed by atoms with Crippen molar-refractivity contribution in [3.05, 3.63) is 241 Å². The van der Waals surface area contributed by atoms with Crippen molar-refractivity contribution in [1.82, 2.24) is 0 Å². The molecular weight excluding hydrogens is 677 g/mol. The molecule has 0 N–H and O–H groups in total. The zero-order valence-electron chi connectivity index (χ0n) is 30.8. The average Bonchev–Trinajstić information content (AvgIpc) is 3.66. The Bertz CT molecular complexity index is 2790. The molecule has 0 unspecified atom stereocenters. The van der Waals surface area contributed by atoms with E-state index in [1.54, 1.807) is 0 Å². The fourth-order valence-corrected chi connectivity index (χ4v) is 8.10. The average molecular weight is 715 g/mol. The summed E-state index contributed by atoms with van der Waals surface area (Å²) in [5.74, 6) is 0.0521. The number of rotatable bonds is 8. The quantitative estimate of drug-likeness (QED) is 0.143. The molecule has 0 aliphatic carbocycles. The summed E-state index contributed by atoms with van der Waals surface area (Å²) in [6, 6.07) is 81.0. The van der Waals surface area contributed by atoms with Gasteiger partial charge in [-0.2, -0.15) is 0 Å². The second kappa shape index (κ2) is 14.5. The molecule has 1 heteroatoms. The van der Waals surface area contributed by atoms with Gasteiger partial charge in [0.15, 0.2) is 0 Å². The lowest BCUT2D eigenvalue weighted by Crippen LogP contribution is -2.03. The summed E-state index contributed by atoms with van der Waals surface area (Å²) in [5, 5.41) is 2.29. The van der Waals surface area contributed by atoms with Gasteiger partial charge < -0.3 is 4.42 Å². The van der Waals surface area contributed by atoms with E-state index in [2.05, 4.69) is 212 Å². The molecule has 1 aromatic heterocycles. The van der Waals surface area contributed by atoms with Crippen LogP contribution >= 0.6 is 0 Å². The van der Waals surface area contributed by atoms with Crippen LogP contribution in [-0.4, -0.2) is 0 Å². The molecule has 0 saturated carbocycles. The number of fused-ring (bicyclic) bond motifs is 3. The second-order valence-electron chi connectivity index (χ2n) is 14.5. The van der Waals surface area contributed by atoms with E-state index in [4.69, 9.17) is 4.42 Å². The van der Waals surface area contributed by atoms with Crippen molar-refractivity contribution in [2.24, 2.45) is 0 Å². The lowest BCUT2D eigenvalue weighted by atomic mass is 9.83. The van der Waals surface area contributed by atoms with Gasteiger partial charge in [-0.1, -0.05) is 194 Å². The second-order valence-corrected chi connectivity index (χ2v) is 14.5. The van der Waals surface area contributed by atoms with E-state index in [1.807, 2.05) is 12.1 Å². The van der Waals surface area contributed by atoms with Crippen molar-refractivity contribution in [2.45, 2.75) is 5.92 Å². The van der Waals surface area contributed by atoms with Gasteiger partial charge in [-0.3, -0.25) is 0 Å². The molecule has 0 radical (unpaired) electrons. The van der Waals surface area contributed by atoms with Gasteiger partial charge in [0.05, 0.1) is 0 Å². The third-order valence-electron chi connectivity index (χ3n) is 11.1. The van der Waals surface area contributed by atoms with Gasteiger partial charge >= 0.3 is 0 Å². The molecule has 0 bridgehead atoms. The van der Waals surface area contributed by atoms with E-state index in [0.717, 1.165) is 33.1 Å². The Balaban J connectivity index is 1.00. The van der Waals surface area contributed by atoms with Crippen LogP contribution in [0.4, 0.5) is 0 Å². The summed E-state index contributed by atoms with van der Waals surface area (Å²) in [6.45, 7) is 0. The Hall–Kier alpha value is -7.22. The van der Waals surface area contributed by atoms with Crippen molar-refractivity contribution in [1.29, 1.82) is 0 Å². The predicted octanol–water partition coefficient (Wildman–Crippen LogP) is 15.1. The Kier molecular flexibility index (Phi) is 8.67. The number of hydrogen-bond acceptors (Lipinski definition) is 1. The SMILES string of the molecule is c1ccc(-c2cccc(-c3ccc(C(c4ccc(-c5cccc(-c6ccccc6)c5)cc4)c4ccc(-c5ccc6c(c5)oc5ccccc56)cc4)cc3)c2)cc1. The lowest BCUT2D eigenvalue weighted by molar-refractivity contribution is 0.669. The van der Waals surface area contributed by atoms with Crippen LogP contribution in [0.1, 0.15) is 22.6 Å². The molecule has 0 saturated heterocycles. The van der Waals surface area contributed by atoms with E-state index < -0.39 is 0 Å². The summed E-state index contributed by atoms with van der Waals surface area (Å²) in [7, 11) is 0. The minimum Gasteiger partial charge on any atom is -0.456 e. The van der Waals surface area contributed by atoms with Crippen molar-refractivity contribution >= 4 is 21.9 Å². The van der Waals surface area contributed by atoms with Gasteiger partial charge in [0, 0.05) is 16.7 Å². The third kappa shape index (κ3) is 6.50. The number of furan rings is 1. The van der Waals surface area contributed by atoms with Crippen molar-refractivity contribution < 1.29 is 4.42 Å². The summed E-state index contributed by atoms with van der Waals surface area (Å²) >= 11 is 0. The van der Waals surface area contributed by atoms with Crippen LogP contribution in [0, 0.1) is 0 Å². The highest BCUT2D eigenvalue weighted by molar-refractivity contribution is 6.05. The third-order valence-corrected chi connectivity index (χ3v) is 11.1. The number of para-hydroxylation sites is 1. The topological polar surface area (TPSA) is 13.1 Å². The Morgan fingerprint density at radius 3 is 1.04 bits per heavy atom. The normalized spacial score (nSPS) is 11.4. The first-order chi connectivity index (χ1) is 27.7. The van der Waals surface area contributed by atoms with Crippen LogP contribution in [0.5, 0.6) is 0 Å². The smallest absolute Gasteiger partial charge is 0.136 e. The molecular formula is C55H38O. The molecule has 0 aliphatic heterocycles. The van der Waals surface area contributed by atoms with Gasteiger partial charge in [-0.25, -0.2) is 0 Å². The van der Waals surface area contributed by atoms with E-state index in [1.165, 1.54) is 61.2 Å². The maximum atomic E-state index is 6.23. The van der Waals surface area contributed by atoms with Crippen molar-refractivity contribution in [3.8, 4) is 55.6 Å². The molecule has 9 aromatic carbocycles. The summed E-state index contributed by atoms with van der Waals surface area (Å²) in [4.78, 5) is 0. The van der Waals surface area contributed by atoms with Crippen molar-refractivity contribution in [2.75, 3.05) is 0 Å². The monoisotopic (exact) mass is 714 g/mol. The number of hydrogen-bond donors (Lipinski definition) is 0. The molecule has 10 rings (SSSR count). The molecule has 0 atom stereocenters. The first kappa shape index (κ1) is 33.4. The summed E-state index contributed by atoms with van der Waals surface area (Å²) in [5.41, 5.74) is 17.6. The van der Waals surface area contributed by atoms with Crippen LogP contribution in [0.3, 0.4) is 0 Å². The van der Waals surface area contributed by atoms with Gasteiger partial charge in [0.25, 0.3) is 0 Å². The minimum atomic E-state index is 0.0521. The standard InChI is InChI=1S/C55H38O/c1-3-11-38(12-4-1)46-15-9-17-48(35-46)40-21-27-43(28-22-40)55(44-29-23-41(24-30-44)49-18-10-16-47(36-49)39-13-5-2-6-14-39)45-31-25-42(26-32-45)50-33-34-52-51-19-7-8-20-53(51)56-54(52)37-50/h1-37,55H. The molecule has 0 aliphatic rings. The first-order valence-electron chi connectivity index (χ1n) is 19.3. The fourth-order valence-electron chi connectivity index (χ4n) is 8.10. The molecule has 56 heavy (non-hydrogen) atoms. The Morgan fingerprint density at radius 2 is 0.571 bits per heavy atom. The summed E-state index contributed by atoms with van der Waals surface area (Å²) in [6.07, 6.45) is 0. The first-order valence-corrected chi connectivity index (χ1v) is 19.3.